The number of nitrogens with one attached hydrogen (secondary N) is 2. The largest absolute Gasteiger partial charge is 0.416 e. The van der Waals surface area contributed by atoms with E-state index < -0.39 is 11.7 Å². The molecule has 2 N–H and O–H groups in total. The lowest BCUT2D eigenvalue weighted by molar-refractivity contribution is -0.137. The molecule has 106 valence electrons. The van der Waals surface area contributed by atoms with Crippen LogP contribution in [0, 0.1) is 0 Å². The Morgan fingerprint density at radius 3 is 2.68 bits per heavy atom. The van der Waals surface area contributed by atoms with Gasteiger partial charge >= 0.3 is 6.18 Å². The normalized spacial score (nSPS) is 20.9. The molecule has 1 heterocycles. The van der Waals surface area contributed by atoms with Crippen LogP contribution in [0.5, 0.6) is 0 Å². The van der Waals surface area contributed by atoms with Crippen LogP contribution in [0.3, 0.4) is 0 Å². The third kappa shape index (κ3) is 4.28. The van der Waals surface area contributed by atoms with Crippen molar-refractivity contribution in [2.24, 2.45) is 0 Å². The van der Waals surface area contributed by atoms with Crippen LogP contribution in [0.2, 0.25) is 5.02 Å². The second-order valence-corrected chi connectivity index (χ2v) is 5.18. The number of anilines is 1. The van der Waals surface area contributed by atoms with Crippen LogP contribution in [-0.4, -0.2) is 19.1 Å². The van der Waals surface area contributed by atoms with Gasteiger partial charge in [0, 0.05) is 16.8 Å². The zero-order chi connectivity index (χ0) is 13.9. The molecule has 1 atom stereocenters. The van der Waals surface area contributed by atoms with Gasteiger partial charge in [0.1, 0.15) is 0 Å². The van der Waals surface area contributed by atoms with E-state index >= 15 is 0 Å². The zero-order valence-corrected chi connectivity index (χ0v) is 11.1. The Kier molecular flexibility index (Phi) is 4.58. The van der Waals surface area contributed by atoms with E-state index in [9.17, 15) is 13.2 Å². The summed E-state index contributed by atoms with van der Waals surface area (Å²) in [6.45, 7) is 1.84. The smallest absolute Gasteiger partial charge is 0.382 e. The van der Waals surface area contributed by atoms with E-state index in [4.69, 9.17) is 11.6 Å². The van der Waals surface area contributed by atoms with Gasteiger partial charge in [0.05, 0.1) is 5.56 Å². The molecule has 2 rings (SSSR count). The molecule has 1 aromatic rings. The average Bonchev–Trinajstić information content (AvgIpc) is 2.55. The molecular formula is C13H16ClF3N2. The highest BCUT2D eigenvalue weighted by molar-refractivity contribution is 6.30. The Labute approximate surface area is 115 Å². The maximum Gasteiger partial charge on any atom is 0.416 e. The van der Waals surface area contributed by atoms with Crippen LogP contribution in [0.15, 0.2) is 18.2 Å². The monoisotopic (exact) mass is 292 g/mol. The fourth-order valence-corrected chi connectivity index (χ4v) is 2.47. The Morgan fingerprint density at radius 2 is 1.95 bits per heavy atom. The highest BCUT2D eigenvalue weighted by Crippen LogP contribution is 2.33. The summed E-state index contributed by atoms with van der Waals surface area (Å²) in [5.41, 5.74) is -0.277. The quantitative estimate of drug-likeness (QED) is 0.863. The molecule has 0 radical (unpaired) electrons. The number of alkyl halides is 3. The second-order valence-electron chi connectivity index (χ2n) is 4.75. The van der Waals surface area contributed by atoms with Gasteiger partial charge in [-0.3, -0.25) is 0 Å². The van der Waals surface area contributed by atoms with Gasteiger partial charge < -0.3 is 10.6 Å². The van der Waals surface area contributed by atoms with E-state index in [1.54, 1.807) is 0 Å². The number of rotatable bonds is 2. The molecule has 0 aliphatic carbocycles. The minimum Gasteiger partial charge on any atom is -0.382 e. The Hall–Kier alpha value is -0.940. The average molecular weight is 293 g/mol. The van der Waals surface area contributed by atoms with Crippen LogP contribution in [0.1, 0.15) is 24.8 Å². The van der Waals surface area contributed by atoms with Gasteiger partial charge in [-0.25, -0.2) is 0 Å². The molecule has 1 fully saturated rings. The first-order valence-electron chi connectivity index (χ1n) is 6.30. The van der Waals surface area contributed by atoms with Gasteiger partial charge in [-0.1, -0.05) is 11.6 Å². The van der Waals surface area contributed by atoms with E-state index in [1.807, 2.05) is 0 Å². The Bertz CT molecular complexity index is 426. The van der Waals surface area contributed by atoms with Crippen molar-refractivity contribution in [3.8, 4) is 0 Å². The van der Waals surface area contributed by atoms with Gasteiger partial charge in [-0.2, -0.15) is 13.2 Å². The van der Waals surface area contributed by atoms with E-state index in [0.29, 0.717) is 5.69 Å². The summed E-state index contributed by atoms with van der Waals surface area (Å²) in [6.07, 6.45) is -1.51. The molecule has 1 aliphatic rings. The lowest BCUT2D eigenvalue weighted by atomic mass is 10.1. The van der Waals surface area contributed by atoms with Gasteiger partial charge in [0.25, 0.3) is 0 Å². The van der Waals surface area contributed by atoms with Crippen LogP contribution in [0.4, 0.5) is 18.9 Å². The summed E-state index contributed by atoms with van der Waals surface area (Å²) >= 11 is 5.75. The fourth-order valence-electron chi connectivity index (χ4n) is 2.24. The second kappa shape index (κ2) is 6.01. The van der Waals surface area contributed by atoms with Crippen LogP contribution >= 0.6 is 11.6 Å². The standard InChI is InChI=1S/C13H16ClF3N2/c14-10-6-9(13(15,16)17)7-12(8-10)19-11-2-1-4-18-5-3-11/h6-8,11,18-19H,1-5H2. The van der Waals surface area contributed by atoms with Crippen LogP contribution in [0.25, 0.3) is 0 Å². The molecular weight excluding hydrogens is 277 g/mol. The topological polar surface area (TPSA) is 24.1 Å². The lowest BCUT2D eigenvalue weighted by Gasteiger charge is -2.19. The first-order chi connectivity index (χ1) is 8.95. The van der Waals surface area contributed by atoms with Gasteiger partial charge in [0.15, 0.2) is 0 Å². The van der Waals surface area contributed by atoms with Gasteiger partial charge in [0.2, 0.25) is 0 Å². The minimum absolute atomic E-state index is 0.101. The molecule has 0 aromatic heterocycles. The predicted molar refractivity (Wildman–Crippen MR) is 70.6 cm³/mol. The summed E-state index contributed by atoms with van der Waals surface area (Å²) in [6, 6.07) is 3.79. The Balaban J connectivity index is 2.13. The summed E-state index contributed by atoms with van der Waals surface area (Å²) in [5.74, 6) is 0. The molecule has 2 nitrogen and oxygen atoms in total. The first-order valence-corrected chi connectivity index (χ1v) is 6.68. The van der Waals surface area contributed by atoms with Crippen molar-refractivity contribution in [3.63, 3.8) is 0 Å². The molecule has 0 amide bonds. The van der Waals surface area contributed by atoms with Crippen molar-refractivity contribution in [3.05, 3.63) is 28.8 Å². The number of hydrogen-bond acceptors (Lipinski definition) is 2. The molecule has 1 unspecified atom stereocenters. The molecule has 0 spiro atoms. The molecule has 1 saturated heterocycles. The maximum absolute atomic E-state index is 12.7. The SMILES string of the molecule is FC(F)(F)c1cc(Cl)cc(NC2CCCNCC2)c1. The van der Waals surface area contributed by atoms with E-state index in [1.165, 1.54) is 6.07 Å². The Morgan fingerprint density at radius 1 is 1.16 bits per heavy atom. The van der Waals surface area contributed by atoms with Crippen molar-refractivity contribution in [2.75, 3.05) is 18.4 Å². The zero-order valence-electron chi connectivity index (χ0n) is 10.4. The first kappa shape index (κ1) is 14.5. The lowest BCUT2D eigenvalue weighted by Crippen LogP contribution is -2.21. The van der Waals surface area contributed by atoms with Crippen LogP contribution in [-0.2, 0) is 6.18 Å². The predicted octanol–water partition coefficient (Wildman–Crippen LogP) is 3.91. The number of hydrogen-bond donors (Lipinski definition) is 2. The van der Waals surface area contributed by atoms with Crippen molar-refractivity contribution in [1.82, 2.24) is 5.32 Å². The molecule has 19 heavy (non-hydrogen) atoms. The van der Waals surface area contributed by atoms with Gasteiger partial charge in [-0.05, 0) is 50.6 Å². The van der Waals surface area contributed by atoms with Crippen molar-refractivity contribution in [1.29, 1.82) is 0 Å². The van der Waals surface area contributed by atoms with Crippen LogP contribution < -0.4 is 10.6 Å². The third-order valence-electron chi connectivity index (χ3n) is 3.17. The van der Waals surface area contributed by atoms with Crippen molar-refractivity contribution >= 4 is 17.3 Å². The number of benzene rings is 1. The number of halogens is 4. The van der Waals surface area contributed by atoms with E-state index in [0.717, 1.165) is 44.5 Å². The molecule has 0 saturated carbocycles. The van der Waals surface area contributed by atoms with E-state index in [2.05, 4.69) is 10.6 Å². The van der Waals surface area contributed by atoms with Crippen molar-refractivity contribution in [2.45, 2.75) is 31.5 Å². The highest BCUT2D eigenvalue weighted by atomic mass is 35.5. The third-order valence-corrected chi connectivity index (χ3v) is 3.39. The van der Waals surface area contributed by atoms with E-state index in [-0.39, 0.29) is 11.1 Å². The molecule has 0 bridgehead atoms. The summed E-state index contributed by atoms with van der Waals surface area (Å²) in [4.78, 5) is 0. The fraction of sp³-hybridized carbons (Fsp3) is 0.538. The summed E-state index contributed by atoms with van der Waals surface area (Å²) in [7, 11) is 0. The minimum atomic E-state index is -4.37. The molecule has 1 aromatic carbocycles. The molecule has 1 aliphatic heterocycles. The highest BCUT2D eigenvalue weighted by Gasteiger charge is 2.31. The van der Waals surface area contributed by atoms with Gasteiger partial charge in [-0.15, -0.1) is 0 Å². The summed E-state index contributed by atoms with van der Waals surface area (Å²) < 4.78 is 38.1. The molecule has 6 heteroatoms. The maximum atomic E-state index is 12.7. The van der Waals surface area contributed by atoms with Crippen molar-refractivity contribution < 1.29 is 13.2 Å². The summed E-state index contributed by atoms with van der Waals surface area (Å²) in [5, 5.41) is 6.51.